The topological polar surface area (TPSA) is 59.3 Å². The number of nitriles is 1. The smallest absolute Gasteiger partial charge is 0.231 e. The van der Waals surface area contributed by atoms with E-state index in [0.717, 1.165) is 5.56 Å². The highest BCUT2D eigenvalue weighted by Gasteiger charge is 2.27. The molecule has 1 aliphatic heterocycles. The molecule has 0 saturated heterocycles. The van der Waals surface area contributed by atoms with E-state index in [4.69, 9.17) is 14.7 Å². The predicted octanol–water partition coefficient (Wildman–Crippen LogP) is 4.33. The molecule has 4 nitrogen and oxygen atoms in total. The second-order valence-electron chi connectivity index (χ2n) is 5.87. The fourth-order valence-corrected chi connectivity index (χ4v) is 2.50. The first-order valence-corrected chi connectivity index (χ1v) is 7.76. The number of ether oxygens (including phenoxy) is 2. The van der Waals surface area contributed by atoms with Crippen molar-refractivity contribution in [3.63, 3.8) is 0 Å². The molecule has 1 heterocycles. The Labute approximate surface area is 140 Å². The van der Waals surface area contributed by atoms with E-state index in [-0.39, 0.29) is 12.4 Å². The van der Waals surface area contributed by atoms with Gasteiger partial charge in [0, 0.05) is 6.07 Å². The van der Waals surface area contributed by atoms with Crippen LogP contribution in [0.15, 0.2) is 48.2 Å². The summed E-state index contributed by atoms with van der Waals surface area (Å²) >= 11 is 0. The van der Waals surface area contributed by atoms with Gasteiger partial charge in [-0.25, -0.2) is 0 Å². The zero-order chi connectivity index (χ0) is 17.1. The van der Waals surface area contributed by atoms with Gasteiger partial charge in [-0.15, -0.1) is 0 Å². The van der Waals surface area contributed by atoms with Crippen molar-refractivity contribution in [3.8, 4) is 17.6 Å². The highest BCUT2D eigenvalue weighted by atomic mass is 16.5. The number of allylic oxidation sites excluding steroid dienone is 1. The SMILES string of the molecule is CC(C)c1ccc(C=C2Oc3cc(OCC#N)ccc3C2=O)cc1. The Bertz CT molecular complexity index is 842. The quantitative estimate of drug-likeness (QED) is 0.787. The zero-order valence-electron chi connectivity index (χ0n) is 13.6. The molecule has 1 aliphatic rings. The van der Waals surface area contributed by atoms with Crippen molar-refractivity contribution in [3.05, 3.63) is 64.9 Å². The molecule has 0 aliphatic carbocycles. The molecule has 3 rings (SSSR count). The average molecular weight is 319 g/mol. The average Bonchev–Trinajstić information content (AvgIpc) is 2.89. The second kappa shape index (κ2) is 6.59. The number of hydrogen-bond acceptors (Lipinski definition) is 4. The van der Waals surface area contributed by atoms with Crippen molar-refractivity contribution in [2.24, 2.45) is 0 Å². The summed E-state index contributed by atoms with van der Waals surface area (Å²) in [5.74, 6) is 1.57. The molecule has 4 heteroatoms. The van der Waals surface area contributed by atoms with Crippen LogP contribution in [0.25, 0.3) is 6.08 Å². The zero-order valence-corrected chi connectivity index (χ0v) is 13.6. The maximum Gasteiger partial charge on any atom is 0.231 e. The molecule has 0 atom stereocenters. The van der Waals surface area contributed by atoms with E-state index in [0.29, 0.717) is 28.7 Å². The van der Waals surface area contributed by atoms with Gasteiger partial charge < -0.3 is 9.47 Å². The fraction of sp³-hybridized carbons (Fsp3) is 0.200. The monoisotopic (exact) mass is 319 g/mol. The lowest BCUT2D eigenvalue weighted by atomic mass is 10.0. The molecule has 0 bridgehead atoms. The molecule has 0 saturated carbocycles. The molecule has 120 valence electrons. The summed E-state index contributed by atoms with van der Waals surface area (Å²) in [7, 11) is 0. The molecule has 0 N–H and O–H groups in total. The summed E-state index contributed by atoms with van der Waals surface area (Å²) in [6.45, 7) is 4.23. The highest BCUT2D eigenvalue weighted by molar-refractivity contribution is 6.14. The Kier molecular flexibility index (Phi) is 4.35. The van der Waals surface area contributed by atoms with Gasteiger partial charge >= 0.3 is 0 Å². The summed E-state index contributed by atoms with van der Waals surface area (Å²) < 4.78 is 10.9. The van der Waals surface area contributed by atoms with Gasteiger partial charge in [-0.1, -0.05) is 38.1 Å². The lowest BCUT2D eigenvalue weighted by molar-refractivity contribution is 0.101. The lowest BCUT2D eigenvalue weighted by Crippen LogP contribution is -1.98. The number of fused-ring (bicyclic) bond motifs is 1. The van der Waals surface area contributed by atoms with Gasteiger partial charge in [0.1, 0.15) is 17.6 Å². The molecular formula is C20H17NO3. The van der Waals surface area contributed by atoms with Crippen LogP contribution in [-0.4, -0.2) is 12.4 Å². The normalized spacial score (nSPS) is 14.4. The van der Waals surface area contributed by atoms with E-state index < -0.39 is 0 Å². The fourth-order valence-electron chi connectivity index (χ4n) is 2.50. The number of Topliss-reactive ketones (excluding diaryl/α,β-unsaturated/α-hetero) is 1. The number of rotatable bonds is 4. The standard InChI is InChI=1S/C20H17NO3/c1-13(2)15-5-3-14(4-6-15)11-19-20(22)17-8-7-16(23-10-9-21)12-18(17)24-19/h3-8,11-13H,10H2,1-2H3. The molecule has 24 heavy (non-hydrogen) atoms. The summed E-state index contributed by atoms with van der Waals surface area (Å²) in [5, 5.41) is 8.55. The molecule has 2 aromatic rings. The minimum atomic E-state index is -0.148. The Morgan fingerprint density at radius 2 is 1.96 bits per heavy atom. The van der Waals surface area contributed by atoms with Gasteiger partial charge in [0.05, 0.1) is 5.56 Å². The van der Waals surface area contributed by atoms with E-state index in [1.54, 1.807) is 24.3 Å². The van der Waals surface area contributed by atoms with Crippen LogP contribution in [0, 0.1) is 11.3 Å². The number of nitrogens with zero attached hydrogens (tertiary/aromatic N) is 1. The van der Waals surface area contributed by atoms with E-state index in [9.17, 15) is 4.79 Å². The van der Waals surface area contributed by atoms with Gasteiger partial charge in [-0.05, 0) is 35.3 Å². The maximum atomic E-state index is 12.4. The van der Waals surface area contributed by atoms with Crippen molar-refractivity contribution in [2.45, 2.75) is 19.8 Å². The molecule has 0 spiro atoms. The molecule has 2 aromatic carbocycles. The number of ketones is 1. The van der Waals surface area contributed by atoms with E-state index in [1.165, 1.54) is 5.56 Å². The third-order valence-electron chi connectivity index (χ3n) is 3.85. The molecule has 0 aromatic heterocycles. The van der Waals surface area contributed by atoms with Crippen molar-refractivity contribution < 1.29 is 14.3 Å². The first-order chi connectivity index (χ1) is 11.6. The molecular weight excluding hydrogens is 302 g/mol. The van der Waals surface area contributed by atoms with Crippen LogP contribution in [0.3, 0.4) is 0 Å². The van der Waals surface area contributed by atoms with Gasteiger partial charge in [0.2, 0.25) is 5.78 Å². The number of carbonyl (C=O) groups excluding carboxylic acids is 1. The highest BCUT2D eigenvalue weighted by Crippen LogP contribution is 2.34. The molecule has 0 amide bonds. The molecule has 0 unspecified atom stereocenters. The lowest BCUT2D eigenvalue weighted by Gasteiger charge is -2.05. The van der Waals surface area contributed by atoms with Crippen LogP contribution < -0.4 is 9.47 Å². The number of carbonyl (C=O) groups is 1. The Morgan fingerprint density at radius 3 is 2.62 bits per heavy atom. The van der Waals surface area contributed by atoms with Crippen LogP contribution in [0.4, 0.5) is 0 Å². The second-order valence-corrected chi connectivity index (χ2v) is 5.87. The minimum Gasteiger partial charge on any atom is -0.479 e. The van der Waals surface area contributed by atoms with Crippen LogP contribution in [0.1, 0.15) is 41.3 Å². The van der Waals surface area contributed by atoms with Gasteiger partial charge in [-0.3, -0.25) is 4.79 Å². The van der Waals surface area contributed by atoms with Crippen molar-refractivity contribution in [2.75, 3.05) is 6.61 Å². The predicted molar refractivity (Wildman–Crippen MR) is 91.0 cm³/mol. The van der Waals surface area contributed by atoms with Gasteiger partial charge in [0.15, 0.2) is 12.4 Å². The summed E-state index contributed by atoms with van der Waals surface area (Å²) in [4.78, 5) is 12.4. The summed E-state index contributed by atoms with van der Waals surface area (Å²) in [6.07, 6.45) is 1.74. The first kappa shape index (κ1) is 15.8. The Morgan fingerprint density at radius 1 is 1.21 bits per heavy atom. The number of benzene rings is 2. The summed E-state index contributed by atoms with van der Waals surface area (Å²) in [6, 6.07) is 14.9. The van der Waals surface area contributed by atoms with E-state index in [2.05, 4.69) is 26.0 Å². The van der Waals surface area contributed by atoms with Gasteiger partial charge in [0.25, 0.3) is 0 Å². The van der Waals surface area contributed by atoms with Gasteiger partial charge in [-0.2, -0.15) is 5.26 Å². The van der Waals surface area contributed by atoms with Crippen LogP contribution in [0.5, 0.6) is 11.5 Å². The maximum absolute atomic E-state index is 12.4. The van der Waals surface area contributed by atoms with Crippen LogP contribution in [-0.2, 0) is 0 Å². The van der Waals surface area contributed by atoms with Crippen molar-refractivity contribution in [1.82, 2.24) is 0 Å². The third-order valence-corrected chi connectivity index (χ3v) is 3.85. The number of hydrogen-bond donors (Lipinski definition) is 0. The van der Waals surface area contributed by atoms with Crippen molar-refractivity contribution >= 4 is 11.9 Å². The Balaban J connectivity index is 1.83. The van der Waals surface area contributed by atoms with Crippen molar-refractivity contribution in [1.29, 1.82) is 5.26 Å². The largest absolute Gasteiger partial charge is 0.479 e. The van der Waals surface area contributed by atoms with E-state index in [1.807, 2.05) is 18.2 Å². The molecule has 0 radical (unpaired) electrons. The van der Waals surface area contributed by atoms with Crippen LogP contribution >= 0.6 is 0 Å². The van der Waals surface area contributed by atoms with Crippen LogP contribution in [0.2, 0.25) is 0 Å². The third kappa shape index (κ3) is 3.16. The van der Waals surface area contributed by atoms with E-state index >= 15 is 0 Å². The Hall–Kier alpha value is -3.06. The summed E-state index contributed by atoms with van der Waals surface area (Å²) in [5.41, 5.74) is 2.67. The first-order valence-electron chi connectivity index (χ1n) is 7.76. The molecule has 0 fully saturated rings. The minimum absolute atomic E-state index is 0.0440.